The quantitative estimate of drug-likeness (QED) is 0.544. The third kappa shape index (κ3) is 6.14. The first kappa shape index (κ1) is 25.5. The van der Waals surface area contributed by atoms with Crippen molar-refractivity contribution in [2.24, 2.45) is 0 Å². The molecule has 1 amide bonds. The minimum atomic E-state index is -3.88. The molecule has 0 aromatic heterocycles. The van der Waals surface area contributed by atoms with Crippen LogP contribution in [0.3, 0.4) is 0 Å². The second-order valence-corrected chi connectivity index (χ2v) is 9.13. The number of aryl methyl sites for hydroxylation is 1. The van der Waals surface area contributed by atoms with Crippen molar-refractivity contribution in [1.29, 1.82) is 0 Å². The van der Waals surface area contributed by atoms with Gasteiger partial charge in [0, 0.05) is 13.1 Å². The molecule has 0 heterocycles. The first-order valence-electron chi connectivity index (χ1n) is 10.5. The molecule has 9 heteroatoms. The molecule has 0 bridgehead atoms. The van der Waals surface area contributed by atoms with Gasteiger partial charge in [0.05, 0.1) is 16.5 Å². The monoisotopic (exact) mass is 464 g/mol. The van der Waals surface area contributed by atoms with Gasteiger partial charge in [-0.1, -0.05) is 45.0 Å². The number of nitrogens with one attached hydrogen (secondary N) is 1. The molecule has 2 rings (SSSR count). The van der Waals surface area contributed by atoms with Gasteiger partial charge in [0.1, 0.15) is 5.82 Å². The van der Waals surface area contributed by atoms with Crippen LogP contribution in [0.2, 0.25) is 0 Å². The molecule has 0 aliphatic carbocycles. The third-order valence-corrected chi connectivity index (χ3v) is 7.15. The molecule has 0 spiro atoms. The number of hydrogen-bond acceptors (Lipinski definition) is 5. The average molecular weight is 465 g/mol. The van der Waals surface area contributed by atoms with Crippen LogP contribution in [0.15, 0.2) is 47.4 Å². The zero-order valence-electron chi connectivity index (χ0n) is 18.7. The van der Waals surface area contributed by atoms with Gasteiger partial charge in [-0.2, -0.15) is 4.31 Å². The fraction of sp³-hybridized carbons (Fsp3) is 0.391. The fourth-order valence-corrected chi connectivity index (χ4v) is 4.64. The van der Waals surface area contributed by atoms with E-state index in [0.29, 0.717) is 0 Å². The topological polar surface area (TPSA) is 92.8 Å². The van der Waals surface area contributed by atoms with Crippen LogP contribution >= 0.6 is 0 Å². The molecule has 0 aliphatic rings. The highest BCUT2D eigenvalue weighted by atomic mass is 32.2. The minimum Gasteiger partial charge on any atom is -0.452 e. The molecule has 0 fully saturated rings. The van der Waals surface area contributed by atoms with Gasteiger partial charge in [0.25, 0.3) is 5.91 Å². The number of amides is 1. The molecule has 7 nitrogen and oxygen atoms in total. The number of ether oxygens (including phenoxy) is 1. The lowest BCUT2D eigenvalue weighted by molar-refractivity contribution is -0.124. The number of sulfonamides is 1. The fourth-order valence-electron chi connectivity index (χ4n) is 3.15. The van der Waals surface area contributed by atoms with E-state index in [4.69, 9.17) is 4.74 Å². The van der Waals surface area contributed by atoms with E-state index >= 15 is 0 Å². The van der Waals surface area contributed by atoms with Crippen molar-refractivity contribution in [3.8, 4) is 0 Å². The summed E-state index contributed by atoms with van der Waals surface area (Å²) < 4.78 is 45.6. The number of hydrogen-bond donors (Lipinski definition) is 1. The normalized spacial score (nSPS) is 12.4. The Hall–Kier alpha value is -2.78. The molecule has 0 radical (unpaired) electrons. The Balaban J connectivity index is 2.05. The number of rotatable bonds is 10. The molecule has 2 aromatic rings. The van der Waals surface area contributed by atoms with E-state index in [0.717, 1.165) is 30.2 Å². The maximum atomic E-state index is 14.2. The largest absolute Gasteiger partial charge is 0.452 e. The molecule has 0 saturated carbocycles. The molecular weight excluding hydrogens is 435 g/mol. The summed E-state index contributed by atoms with van der Waals surface area (Å²) in [5.41, 5.74) is 1.52. The summed E-state index contributed by atoms with van der Waals surface area (Å²) >= 11 is 0. The highest BCUT2D eigenvalue weighted by Crippen LogP contribution is 2.20. The van der Waals surface area contributed by atoms with E-state index in [2.05, 4.69) is 5.32 Å². The molecular formula is C23H29FN2O5S. The predicted octanol–water partition coefficient (Wildman–Crippen LogP) is 3.45. The van der Waals surface area contributed by atoms with Crippen LogP contribution in [0, 0.1) is 5.82 Å². The van der Waals surface area contributed by atoms with Crippen molar-refractivity contribution in [3.63, 3.8) is 0 Å². The lowest BCUT2D eigenvalue weighted by Crippen LogP contribution is -2.31. The van der Waals surface area contributed by atoms with Crippen LogP contribution in [-0.2, 0) is 26.0 Å². The zero-order chi connectivity index (χ0) is 23.9. The van der Waals surface area contributed by atoms with Crippen LogP contribution < -0.4 is 5.32 Å². The summed E-state index contributed by atoms with van der Waals surface area (Å²) in [5.74, 6) is -2.61. The van der Waals surface area contributed by atoms with Crippen molar-refractivity contribution in [1.82, 2.24) is 9.62 Å². The van der Waals surface area contributed by atoms with Gasteiger partial charge in [0.15, 0.2) is 6.61 Å². The van der Waals surface area contributed by atoms with E-state index in [1.54, 1.807) is 20.8 Å². The Labute approximate surface area is 188 Å². The molecule has 1 N–H and O–H groups in total. The van der Waals surface area contributed by atoms with Crippen LogP contribution in [0.25, 0.3) is 0 Å². The minimum absolute atomic E-state index is 0.219. The average Bonchev–Trinajstić information content (AvgIpc) is 2.78. The van der Waals surface area contributed by atoms with Crippen molar-refractivity contribution in [2.75, 3.05) is 19.7 Å². The van der Waals surface area contributed by atoms with Gasteiger partial charge in [-0.05, 0) is 42.7 Å². The van der Waals surface area contributed by atoms with E-state index in [1.165, 1.54) is 9.87 Å². The van der Waals surface area contributed by atoms with Crippen LogP contribution in [0.4, 0.5) is 4.39 Å². The summed E-state index contributed by atoms with van der Waals surface area (Å²) in [5, 5.41) is 2.71. The molecule has 2 aromatic carbocycles. The lowest BCUT2D eigenvalue weighted by atomic mass is 10.1. The Kier molecular flexibility index (Phi) is 8.91. The number of halogens is 1. The smallest absolute Gasteiger partial charge is 0.341 e. The second kappa shape index (κ2) is 11.2. The Bertz CT molecular complexity index is 1050. The van der Waals surface area contributed by atoms with Crippen molar-refractivity contribution in [3.05, 3.63) is 65.0 Å². The summed E-state index contributed by atoms with van der Waals surface area (Å²) in [6.45, 7) is 7.04. The van der Waals surface area contributed by atoms with Gasteiger partial charge >= 0.3 is 5.97 Å². The molecule has 32 heavy (non-hydrogen) atoms. The maximum Gasteiger partial charge on any atom is 0.341 e. The molecule has 1 unspecified atom stereocenters. The number of esters is 1. The highest BCUT2D eigenvalue weighted by molar-refractivity contribution is 7.89. The Morgan fingerprint density at radius 2 is 1.69 bits per heavy atom. The van der Waals surface area contributed by atoms with Gasteiger partial charge in [-0.3, -0.25) is 4.79 Å². The highest BCUT2D eigenvalue weighted by Gasteiger charge is 2.25. The molecule has 174 valence electrons. The molecule has 1 atom stereocenters. The van der Waals surface area contributed by atoms with Crippen LogP contribution in [0.5, 0.6) is 0 Å². The zero-order valence-corrected chi connectivity index (χ0v) is 19.5. The Morgan fingerprint density at radius 3 is 2.25 bits per heavy atom. The summed E-state index contributed by atoms with van der Waals surface area (Å²) in [6, 6.07) is 10.4. The van der Waals surface area contributed by atoms with Gasteiger partial charge in [0.2, 0.25) is 10.0 Å². The van der Waals surface area contributed by atoms with Crippen LogP contribution in [0.1, 0.15) is 55.2 Å². The predicted molar refractivity (Wildman–Crippen MR) is 119 cm³/mol. The van der Waals surface area contributed by atoms with E-state index in [-0.39, 0.29) is 24.0 Å². The van der Waals surface area contributed by atoms with E-state index < -0.39 is 39.9 Å². The number of benzene rings is 2. The lowest BCUT2D eigenvalue weighted by Gasteiger charge is -2.19. The van der Waals surface area contributed by atoms with Gasteiger partial charge < -0.3 is 10.1 Å². The number of carbonyl (C=O) groups is 2. The Morgan fingerprint density at radius 1 is 1.06 bits per heavy atom. The van der Waals surface area contributed by atoms with Crippen molar-refractivity contribution < 1.29 is 27.1 Å². The number of nitrogens with zero attached hydrogens (tertiary/aromatic N) is 1. The van der Waals surface area contributed by atoms with Gasteiger partial charge in [-0.15, -0.1) is 0 Å². The maximum absolute atomic E-state index is 14.2. The third-order valence-electron chi connectivity index (χ3n) is 5.10. The standard InChI is InChI=1S/C23H29FN2O5S/c1-5-17-8-10-18(11-9-17)16(4)25-22(27)15-31-23(28)20-14-19(12-13-21(20)24)32(29,30)26(6-2)7-3/h8-14,16H,5-7,15H2,1-4H3,(H,25,27). The summed E-state index contributed by atoms with van der Waals surface area (Å²) in [4.78, 5) is 24.3. The summed E-state index contributed by atoms with van der Waals surface area (Å²) in [6.07, 6.45) is 0.908. The SMILES string of the molecule is CCc1ccc(C(C)NC(=O)COC(=O)c2cc(S(=O)(=O)N(CC)CC)ccc2F)cc1. The second-order valence-electron chi connectivity index (χ2n) is 7.19. The molecule has 0 saturated heterocycles. The first-order valence-corrected chi connectivity index (χ1v) is 11.9. The van der Waals surface area contributed by atoms with E-state index in [9.17, 15) is 22.4 Å². The summed E-state index contributed by atoms with van der Waals surface area (Å²) in [7, 11) is -3.88. The first-order chi connectivity index (χ1) is 15.1. The van der Waals surface area contributed by atoms with Gasteiger partial charge in [-0.25, -0.2) is 17.6 Å². The van der Waals surface area contributed by atoms with E-state index in [1.807, 2.05) is 31.2 Å². The van der Waals surface area contributed by atoms with Crippen molar-refractivity contribution >= 4 is 21.9 Å². The number of carbonyl (C=O) groups excluding carboxylic acids is 2. The van der Waals surface area contributed by atoms with Crippen LogP contribution in [-0.4, -0.2) is 44.3 Å². The molecule has 0 aliphatic heterocycles. The van der Waals surface area contributed by atoms with Crippen molar-refractivity contribution in [2.45, 2.75) is 45.1 Å².